The number of rotatable bonds is 3. The molecule has 22 heavy (non-hydrogen) atoms. The van der Waals surface area contributed by atoms with Gasteiger partial charge in [0.05, 0.1) is 5.54 Å². The lowest BCUT2D eigenvalue weighted by molar-refractivity contribution is 0.220. The fourth-order valence-corrected chi connectivity index (χ4v) is 2.54. The molecule has 1 N–H and O–H groups in total. The van der Waals surface area contributed by atoms with Gasteiger partial charge in [-0.05, 0) is 49.2 Å². The Morgan fingerprint density at radius 2 is 1.86 bits per heavy atom. The highest BCUT2D eigenvalue weighted by molar-refractivity contribution is 6.30. The van der Waals surface area contributed by atoms with Crippen LogP contribution in [0.25, 0.3) is 0 Å². The standard InChI is InChI=1S/C18H18ClNO2/c1-18(2)11-22-17(20-18)14-5-3-4-13(10-14)16(21)12-6-8-15(19)9-7-12/h3-10,16,21H,11H2,1-2H3/t16-/m0/s1. The number of halogens is 1. The number of ether oxygens (including phenoxy) is 1. The molecule has 1 heterocycles. The van der Waals surface area contributed by atoms with Crippen LogP contribution < -0.4 is 0 Å². The summed E-state index contributed by atoms with van der Waals surface area (Å²) in [5.74, 6) is 0.634. The Kier molecular flexibility index (Phi) is 3.94. The molecule has 0 fully saturated rings. The summed E-state index contributed by atoms with van der Waals surface area (Å²) in [5.41, 5.74) is 2.29. The van der Waals surface area contributed by atoms with E-state index in [1.807, 2.05) is 50.2 Å². The Labute approximate surface area is 135 Å². The molecule has 0 saturated heterocycles. The van der Waals surface area contributed by atoms with Crippen LogP contribution >= 0.6 is 11.6 Å². The van der Waals surface area contributed by atoms with Gasteiger partial charge in [-0.25, -0.2) is 4.99 Å². The van der Waals surface area contributed by atoms with Gasteiger partial charge in [-0.2, -0.15) is 0 Å². The van der Waals surface area contributed by atoms with Gasteiger partial charge >= 0.3 is 0 Å². The van der Waals surface area contributed by atoms with E-state index in [9.17, 15) is 5.11 Å². The largest absolute Gasteiger partial charge is 0.475 e. The molecule has 1 atom stereocenters. The predicted octanol–water partition coefficient (Wildman–Crippen LogP) is 3.98. The van der Waals surface area contributed by atoms with Crippen molar-refractivity contribution in [1.29, 1.82) is 0 Å². The van der Waals surface area contributed by atoms with E-state index in [0.717, 1.165) is 16.7 Å². The van der Waals surface area contributed by atoms with Crippen molar-refractivity contribution in [2.75, 3.05) is 6.61 Å². The van der Waals surface area contributed by atoms with E-state index >= 15 is 0 Å². The second-order valence-corrected chi connectivity index (χ2v) is 6.53. The number of aliphatic imine (C=N–C) groups is 1. The van der Waals surface area contributed by atoms with Crippen LogP contribution in [0.15, 0.2) is 53.5 Å². The van der Waals surface area contributed by atoms with E-state index in [1.54, 1.807) is 12.1 Å². The summed E-state index contributed by atoms with van der Waals surface area (Å²) in [6.45, 7) is 4.64. The lowest BCUT2D eigenvalue weighted by atomic mass is 10.00. The van der Waals surface area contributed by atoms with Gasteiger partial charge in [0.1, 0.15) is 12.7 Å². The molecule has 2 aromatic carbocycles. The molecular weight excluding hydrogens is 298 g/mol. The van der Waals surface area contributed by atoms with E-state index < -0.39 is 6.10 Å². The Morgan fingerprint density at radius 1 is 1.14 bits per heavy atom. The van der Waals surface area contributed by atoms with Gasteiger partial charge in [-0.3, -0.25) is 0 Å². The first kappa shape index (κ1) is 15.1. The van der Waals surface area contributed by atoms with Crippen LogP contribution in [0.4, 0.5) is 0 Å². The minimum atomic E-state index is -0.702. The minimum absolute atomic E-state index is 0.194. The molecule has 0 unspecified atom stereocenters. The Morgan fingerprint density at radius 3 is 2.50 bits per heavy atom. The molecule has 0 aliphatic carbocycles. The summed E-state index contributed by atoms with van der Waals surface area (Å²) in [6.07, 6.45) is -0.702. The van der Waals surface area contributed by atoms with Crippen molar-refractivity contribution < 1.29 is 9.84 Å². The zero-order valence-corrected chi connectivity index (χ0v) is 13.3. The van der Waals surface area contributed by atoms with Crippen LogP contribution in [-0.2, 0) is 4.74 Å². The first-order valence-electron chi connectivity index (χ1n) is 7.21. The topological polar surface area (TPSA) is 41.8 Å². The number of hydrogen-bond acceptors (Lipinski definition) is 3. The summed E-state index contributed by atoms with van der Waals surface area (Å²) in [4.78, 5) is 4.57. The van der Waals surface area contributed by atoms with Gasteiger partial charge in [-0.1, -0.05) is 35.9 Å². The molecular formula is C18H18ClNO2. The summed E-state index contributed by atoms with van der Waals surface area (Å²) in [7, 11) is 0. The second kappa shape index (κ2) is 5.75. The summed E-state index contributed by atoms with van der Waals surface area (Å²) in [6, 6.07) is 14.9. The van der Waals surface area contributed by atoms with Crippen LogP contribution in [0.2, 0.25) is 5.02 Å². The van der Waals surface area contributed by atoms with Crippen molar-refractivity contribution in [2.45, 2.75) is 25.5 Å². The molecule has 0 amide bonds. The molecule has 3 rings (SSSR count). The third-order valence-electron chi connectivity index (χ3n) is 3.60. The van der Waals surface area contributed by atoms with Gasteiger partial charge < -0.3 is 9.84 Å². The van der Waals surface area contributed by atoms with E-state index in [4.69, 9.17) is 16.3 Å². The number of hydrogen-bond donors (Lipinski definition) is 1. The van der Waals surface area contributed by atoms with Crippen LogP contribution in [0.5, 0.6) is 0 Å². The van der Waals surface area contributed by atoms with Crippen molar-refractivity contribution in [3.63, 3.8) is 0 Å². The highest BCUT2D eigenvalue weighted by Gasteiger charge is 2.27. The number of aliphatic hydroxyl groups excluding tert-OH is 1. The fourth-order valence-electron chi connectivity index (χ4n) is 2.41. The molecule has 2 aromatic rings. The number of nitrogens with zero attached hydrogens (tertiary/aromatic N) is 1. The van der Waals surface area contributed by atoms with Crippen LogP contribution in [-0.4, -0.2) is 23.2 Å². The van der Waals surface area contributed by atoms with E-state index in [1.165, 1.54) is 0 Å². The quantitative estimate of drug-likeness (QED) is 0.931. The first-order chi connectivity index (χ1) is 10.4. The SMILES string of the molecule is CC1(C)COC(c2cccc([C@@H](O)c3ccc(Cl)cc3)c2)=N1. The van der Waals surface area contributed by atoms with Gasteiger partial charge in [0.25, 0.3) is 0 Å². The van der Waals surface area contributed by atoms with Crippen LogP contribution in [0, 0.1) is 0 Å². The third kappa shape index (κ3) is 3.16. The molecule has 1 aliphatic heterocycles. The van der Waals surface area contributed by atoms with Crippen LogP contribution in [0.3, 0.4) is 0 Å². The smallest absolute Gasteiger partial charge is 0.216 e. The lowest BCUT2D eigenvalue weighted by Gasteiger charge is -2.13. The van der Waals surface area contributed by atoms with E-state index in [2.05, 4.69) is 4.99 Å². The molecule has 0 aromatic heterocycles. The summed E-state index contributed by atoms with van der Waals surface area (Å²) in [5, 5.41) is 11.2. The minimum Gasteiger partial charge on any atom is -0.475 e. The molecule has 3 nitrogen and oxygen atoms in total. The molecule has 4 heteroatoms. The number of benzene rings is 2. The predicted molar refractivity (Wildman–Crippen MR) is 88.5 cm³/mol. The highest BCUT2D eigenvalue weighted by atomic mass is 35.5. The molecule has 0 radical (unpaired) electrons. The normalized spacial score (nSPS) is 17.7. The molecule has 0 spiro atoms. The average Bonchev–Trinajstić information content (AvgIpc) is 2.88. The Balaban J connectivity index is 1.90. The van der Waals surface area contributed by atoms with Crippen molar-refractivity contribution in [2.24, 2.45) is 4.99 Å². The maximum Gasteiger partial charge on any atom is 0.216 e. The second-order valence-electron chi connectivity index (χ2n) is 6.10. The van der Waals surface area contributed by atoms with Crippen molar-refractivity contribution in [3.8, 4) is 0 Å². The third-order valence-corrected chi connectivity index (χ3v) is 3.85. The summed E-state index contributed by atoms with van der Waals surface area (Å²) < 4.78 is 5.66. The number of aliphatic hydroxyl groups is 1. The van der Waals surface area contributed by atoms with Gasteiger partial charge in [0.15, 0.2) is 0 Å². The van der Waals surface area contributed by atoms with Crippen molar-refractivity contribution in [1.82, 2.24) is 0 Å². The Hall–Kier alpha value is -1.84. The average molecular weight is 316 g/mol. The zero-order valence-electron chi connectivity index (χ0n) is 12.6. The first-order valence-corrected chi connectivity index (χ1v) is 7.59. The van der Waals surface area contributed by atoms with E-state index in [-0.39, 0.29) is 5.54 Å². The molecule has 1 aliphatic rings. The Bertz CT molecular complexity index is 707. The van der Waals surface area contributed by atoms with Gasteiger partial charge in [0, 0.05) is 10.6 Å². The van der Waals surface area contributed by atoms with Gasteiger partial charge in [0.2, 0.25) is 5.90 Å². The summed E-state index contributed by atoms with van der Waals surface area (Å²) >= 11 is 5.89. The lowest BCUT2D eigenvalue weighted by Crippen LogP contribution is -2.17. The van der Waals surface area contributed by atoms with Gasteiger partial charge in [-0.15, -0.1) is 0 Å². The van der Waals surface area contributed by atoms with Crippen LogP contribution in [0.1, 0.15) is 36.6 Å². The maximum atomic E-state index is 10.5. The van der Waals surface area contributed by atoms with Crippen molar-refractivity contribution in [3.05, 3.63) is 70.2 Å². The molecule has 0 bridgehead atoms. The monoisotopic (exact) mass is 315 g/mol. The zero-order chi connectivity index (χ0) is 15.7. The fraction of sp³-hybridized carbons (Fsp3) is 0.278. The highest BCUT2D eigenvalue weighted by Crippen LogP contribution is 2.26. The maximum absolute atomic E-state index is 10.5. The molecule has 114 valence electrons. The van der Waals surface area contributed by atoms with E-state index in [0.29, 0.717) is 17.5 Å². The molecule has 0 saturated carbocycles. The van der Waals surface area contributed by atoms with Crippen molar-refractivity contribution >= 4 is 17.5 Å².